The molecule has 9 nitrogen and oxygen atoms in total. The van der Waals surface area contributed by atoms with Crippen LogP contribution in [0.4, 0.5) is 0 Å². The molecule has 0 aromatic carbocycles. The van der Waals surface area contributed by atoms with Gasteiger partial charge in [-0.05, 0) is 43.9 Å². The van der Waals surface area contributed by atoms with Gasteiger partial charge in [0.1, 0.15) is 16.8 Å². The highest BCUT2D eigenvalue weighted by molar-refractivity contribution is 5.96. The maximum Gasteiger partial charge on any atom is 0.267 e. The SMILES string of the molecule is COCCCNC(=O)c1cc2c(=O)n3cc(C)ccc3nc2n(CC2CCCO2)c1=N. The highest BCUT2D eigenvalue weighted by Gasteiger charge is 2.22. The van der Waals surface area contributed by atoms with Crippen molar-refractivity contribution >= 4 is 22.6 Å². The van der Waals surface area contributed by atoms with Gasteiger partial charge in [0.25, 0.3) is 11.5 Å². The monoisotopic (exact) mass is 425 g/mol. The fourth-order valence-corrected chi connectivity index (χ4v) is 3.90. The first-order valence-corrected chi connectivity index (χ1v) is 10.5. The third-order valence-corrected chi connectivity index (χ3v) is 5.52. The number of amides is 1. The van der Waals surface area contributed by atoms with Gasteiger partial charge in [-0.15, -0.1) is 0 Å². The van der Waals surface area contributed by atoms with Crippen molar-refractivity contribution in [1.29, 1.82) is 5.41 Å². The molecule has 1 aliphatic rings. The molecule has 1 fully saturated rings. The average molecular weight is 425 g/mol. The Labute approximate surface area is 179 Å². The minimum absolute atomic E-state index is 0.0237. The molecule has 2 N–H and O–H groups in total. The van der Waals surface area contributed by atoms with E-state index in [4.69, 9.17) is 14.9 Å². The van der Waals surface area contributed by atoms with Crippen LogP contribution in [0, 0.1) is 12.3 Å². The summed E-state index contributed by atoms with van der Waals surface area (Å²) in [5, 5.41) is 11.8. The minimum atomic E-state index is -0.391. The summed E-state index contributed by atoms with van der Waals surface area (Å²) in [5.74, 6) is -0.391. The maximum atomic E-state index is 13.3. The molecule has 1 saturated heterocycles. The van der Waals surface area contributed by atoms with Crippen molar-refractivity contribution in [3.8, 4) is 0 Å². The van der Waals surface area contributed by atoms with E-state index in [9.17, 15) is 9.59 Å². The summed E-state index contributed by atoms with van der Waals surface area (Å²) in [6.07, 6.45) is 4.14. The van der Waals surface area contributed by atoms with Gasteiger partial charge < -0.3 is 19.4 Å². The molecular formula is C22H27N5O4. The van der Waals surface area contributed by atoms with E-state index in [0.29, 0.717) is 49.4 Å². The summed E-state index contributed by atoms with van der Waals surface area (Å²) >= 11 is 0. The summed E-state index contributed by atoms with van der Waals surface area (Å²) in [6.45, 7) is 3.90. The lowest BCUT2D eigenvalue weighted by Gasteiger charge is -2.17. The molecule has 0 spiro atoms. The summed E-state index contributed by atoms with van der Waals surface area (Å²) in [4.78, 5) is 30.8. The molecule has 1 unspecified atom stereocenters. The van der Waals surface area contributed by atoms with Crippen LogP contribution in [0.15, 0.2) is 29.2 Å². The third kappa shape index (κ3) is 4.24. The van der Waals surface area contributed by atoms with E-state index in [0.717, 1.165) is 18.4 Å². The Morgan fingerprint density at radius 2 is 2.26 bits per heavy atom. The fraction of sp³-hybridized carbons (Fsp3) is 0.455. The van der Waals surface area contributed by atoms with Crippen molar-refractivity contribution in [2.45, 2.75) is 38.8 Å². The number of fused-ring (bicyclic) bond motifs is 2. The minimum Gasteiger partial charge on any atom is -0.385 e. The number of pyridine rings is 2. The number of hydrogen-bond donors (Lipinski definition) is 2. The molecule has 164 valence electrons. The van der Waals surface area contributed by atoms with Crippen LogP contribution < -0.4 is 16.4 Å². The Morgan fingerprint density at radius 3 is 3.00 bits per heavy atom. The van der Waals surface area contributed by atoms with Crippen LogP contribution >= 0.6 is 0 Å². The number of aryl methyl sites for hydroxylation is 1. The molecule has 3 aromatic heterocycles. The zero-order chi connectivity index (χ0) is 22.0. The summed E-state index contributed by atoms with van der Waals surface area (Å²) < 4.78 is 13.9. The van der Waals surface area contributed by atoms with Crippen molar-refractivity contribution < 1.29 is 14.3 Å². The Bertz CT molecular complexity index is 1240. The second-order valence-electron chi connectivity index (χ2n) is 7.84. The molecule has 4 rings (SSSR count). The normalized spacial score (nSPS) is 16.3. The quantitative estimate of drug-likeness (QED) is 0.439. The van der Waals surface area contributed by atoms with E-state index in [1.807, 2.05) is 13.0 Å². The first kappa shape index (κ1) is 21.2. The van der Waals surface area contributed by atoms with Gasteiger partial charge in [-0.2, -0.15) is 0 Å². The van der Waals surface area contributed by atoms with Crippen LogP contribution in [-0.4, -0.2) is 52.8 Å². The number of hydrogen-bond acceptors (Lipinski definition) is 6. The van der Waals surface area contributed by atoms with Gasteiger partial charge in [0.15, 0.2) is 0 Å². The Hall–Kier alpha value is -3.04. The smallest absolute Gasteiger partial charge is 0.267 e. The third-order valence-electron chi connectivity index (χ3n) is 5.52. The standard InChI is InChI=1S/C22H27N5O4/c1-14-6-7-18-25-20-17(22(29)26(18)12-14)11-16(21(28)24-8-4-9-30-2)19(23)27(20)13-15-5-3-10-31-15/h6-7,11-12,15,23H,3-5,8-10,13H2,1-2H3,(H,24,28). The van der Waals surface area contributed by atoms with Crippen LogP contribution in [0.5, 0.6) is 0 Å². The van der Waals surface area contributed by atoms with Crippen molar-refractivity contribution in [1.82, 2.24) is 19.3 Å². The molecule has 31 heavy (non-hydrogen) atoms. The number of nitrogens with one attached hydrogen (secondary N) is 2. The molecule has 0 radical (unpaired) electrons. The number of methoxy groups -OCH3 is 1. The van der Waals surface area contributed by atoms with Gasteiger partial charge in [0.2, 0.25) is 0 Å². The van der Waals surface area contributed by atoms with Gasteiger partial charge in [-0.1, -0.05) is 6.07 Å². The number of rotatable bonds is 7. The zero-order valence-corrected chi connectivity index (χ0v) is 17.8. The van der Waals surface area contributed by atoms with E-state index >= 15 is 0 Å². The van der Waals surface area contributed by atoms with Crippen LogP contribution in [-0.2, 0) is 16.0 Å². The van der Waals surface area contributed by atoms with Crippen LogP contribution in [0.25, 0.3) is 16.7 Å². The summed E-state index contributed by atoms with van der Waals surface area (Å²) in [5.41, 5.74) is 1.73. The predicted molar refractivity (Wildman–Crippen MR) is 115 cm³/mol. The second kappa shape index (κ2) is 8.99. The molecule has 3 aromatic rings. The number of carbonyl (C=O) groups is 1. The van der Waals surface area contributed by atoms with Gasteiger partial charge >= 0.3 is 0 Å². The van der Waals surface area contributed by atoms with Gasteiger partial charge in [0.05, 0.1) is 23.6 Å². The summed E-state index contributed by atoms with van der Waals surface area (Å²) in [6, 6.07) is 5.16. The maximum absolute atomic E-state index is 13.3. The molecule has 1 aliphatic heterocycles. The van der Waals surface area contributed by atoms with E-state index < -0.39 is 5.91 Å². The van der Waals surface area contributed by atoms with Gasteiger partial charge in [0, 0.05) is 33.1 Å². The Balaban J connectivity index is 1.87. The Morgan fingerprint density at radius 1 is 1.42 bits per heavy atom. The predicted octanol–water partition coefficient (Wildman–Crippen LogP) is 1.38. The summed E-state index contributed by atoms with van der Waals surface area (Å²) in [7, 11) is 1.60. The highest BCUT2D eigenvalue weighted by Crippen LogP contribution is 2.17. The number of nitrogens with zero attached hydrogens (tertiary/aromatic N) is 3. The van der Waals surface area contributed by atoms with Crippen molar-refractivity contribution in [2.24, 2.45) is 0 Å². The first-order chi connectivity index (χ1) is 15.0. The lowest BCUT2D eigenvalue weighted by Crippen LogP contribution is -2.37. The molecule has 1 atom stereocenters. The van der Waals surface area contributed by atoms with E-state index in [1.54, 1.807) is 23.9 Å². The zero-order valence-electron chi connectivity index (χ0n) is 17.8. The van der Waals surface area contributed by atoms with Crippen molar-refractivity contribution in [3.05, 3.63) is 51.4 Å². The second-order valence-corrected chi connectivity index (χ2v) is 7.84. The molecular weight excluding hydrogens is 398 g/mol. The highest BCUT2D eigenvalue weighted by atomic mass is 16.5. The molecule has 4 heterocycles. The van der Waals surface area contributed by atoms with Gasteiger partial charge in [-0.25, -0.2) is 4.98 Å². The average Bonchev–Trinajstić information content (AvgIpc) is 3.27. The molecule has 1 amide bonds. The van der Waals surface area contributed by atoms with Crippen molar-refractivity contribution in [3.63, 3.8) is 0 Å². The van der Waals surface area contributed by atoms with Gasteiger partial charge in [-0.3, -0.25) is 19.4 Å². The Kier molecular flexibility index (Phi) is 6.15. The number of ether oxygens (including phenoxy) is 2. The fourth-order valence-electron chi connectivity index (χ4n) is 3.90. The van der Waals surface area contributed by atoms with E-state index in [1.165, 1.54) is 10.5 Å². The lowest BCUT2D eigenvalue weighted by atomic mass is 10.1. The van der Waals surface area contributed by atoms with Crippen LogP contribution in [0.1, 0.15) is 35.2 Å². The number of aromatic nitrogens is 3. The topological polar surface area (TPSA) is 111 Å². The molecule has 0 bridgehead atoms. The molecule has 9 heteroatoms. The molecule has 0 saturated carbocycles. The first-order valence-electron chi connectivity index (χ1n) is 10.5. The molecule has 0 aliphatic carbocycles. The lowest BCUT2D eigenvalue weighted by molar-refractivity contribution is 0.0929. The largest absolute Gasteiger partial charge is 0.385 e. The van der Waals surface area contributed by atoms with Crippen LogP contribution in [0.3, 0.4) is 0 Å². The van der Waals surface area contributed by atoms with E-state index in [-0.39, 0.29) is 22.7 Å². The van der Waals surface area contributed by atoms with Crippen molar-refractivity contribution in [2.75, 3.05) is 26.9 Å². The number of carbonyl (C=O) groups excluding carboxylic acids is 1. The van der Waals surface area contributed by atoms with E-state index in [2.05, 4.69) is 10.3 Å². The van der Waals surface area contributed by atoms with Crippen LogP contribution in [0.2, 0.25) is 0 Å².